The molecule has 1 aromatic heterocycles. The molecule has 0 saturated carbocycles. The van der Waals surface area contributed by atoms with Crippen LogP contribution in [0.25, 0.3) is 10.1 Å². The van der Waals surface area contributed by atoms with E-state index in [1.165, 1.54) is 0 Å². The van der Waals surface area contributed by atoms with Crippen molar-refractivity contribution < 1.29 is 9.53 Å². The second-order valence-corrected chi connectivity index (χ2v) is 4.22. The molecule has 0 fully saturated rings. The molecule has 0 amide bonds. The first kappa shape index (κ1) is 10.2. The van der Waals surface area contributed by atoms with Crippen molar-refractivity contribution in [1.82, 2.24) is 0 Å². The highest BCUT2D eigenvalue weighted by atomic mass is 32.1. The summed E-state index contributed by atoms with van der Waals surface area (Å²) in [6.45, 7) is 4.53. The van der Waals surface area contributed by atoms with Crippen LogP contribution in [0.2, 0.25) is 0 Å². The summed E-state index contributed by atoms with van der Waals surface area (Å²) < 4.78 is 6.66. The first-order valence-electron chi connectivity index (χ1n) is 4.86. The first-order valence-corrected chi connectivity index (χ1v) is 5.74. The van der Waals surface area contributed by atoms with E-state index in [-0.39, 0.29) is 0 Å². The predicted molar refractivity (Wildman–Crippen MR) is 63.1 cm³/mol. The van der Waals surface area contributed by atoms with E-state index in [0.29, 0.717) is 12.2 Å². The van der Waals surface area contributed by atoms with Crippen LogP contribution in [0.3, 0.4) is 0 Å². The summed E-state index contributed by atoms with van der Waals surface area (Å²) in [5.74, 6) is 0.807. The zero-order chi connectivity index (χ0) is 10.8. The molecule has 1 heterocycles. The monoisotopic (exact) mass is 220 g/mol. The van der Waals surface area contributed by atoms with Gasteiger partial charge in [0.1, 0.15) is 5.75 Å². The van der Waals surface area contributed by atoms with Crippen LogP contribution in [0, 0.1) is 6.92 Å². The van der Waals surface area contributed by atoms with Gasteiger partial charge in [0, 0.05) is 15.6 Å². The number of aryl methyl sites for hydroxylation is 1. The summed E-state index contributed by atoms with van der Waals surface area (Å²) in [5, 5.41) is 3.12. The zero-order valence-corrected chi connectivity index (χ0v) is 9.56. The summed E-state index contributed by atoms with van der Waals surface area (Å²) in [7, 11) is 0. The van der Waals surface area contributed by atoms with Crippen molar-refractivity contribution in [3.05, 3.63) is 28.6 Å². The van der Waals surface area contributed by atoms with Crippen LogP contribution in [0.15, 0.2) is 17.5 Å². The van der Waals surface area contributed by atoms with E-state index in [9.17, 15) is 4.79 Å². The average Bonchev–Trinajstić information content (AvgIpc) is 2.71. The molecule has 0 saturated heterocycles. The number of fused-ring (bicyclic) bond motifs is 1. The highest BCUT2D eigenvalue weighted by molar-refractivity contribution is 7.17. The van der Waals surface area contributed by atoms with Crippen LogP contribution >= 0.6 is 11.3 Å². The minimum atomic E-state index is 0.617. The van der Waals surface area contributed by atoms with Gasteiger partial charge in [-0.2, -0.15) is 0 Å². The van der Waals surface area contributed by atoms with Crippen molar-refractivity contribution in [2.75, 3.05) is 6.61 Å². The van der Waals surface area contributed by atoms with Gasteiger partial charge >= 0.3 is 0 Å². The summed E-state index contributed by atoms with van der Waals surface area (Å²) in [5.41, 5.74) is 1.76. The topological polar surface area (TPSA) is 26.3 Å². The van der Waals surface area contributed by atoms with Gasteiger partial charge in [-0.25, -0.2) is 0 Å². The van der Waals surface area contributed by atoms with E-state index < -0.39 is 0 Å². The fourth-order valence-corrected chi connectivity index (χ4v) is 2.58. The lowest BCUT2D eigenvalue weighted by Crippen LogP contribution is -1.95. The number of benzene rings is 1. The Balaban J connectivity index is 2.73. The number of carbonyl (C=O) groups excluding carboxylic acids is 1. The molecule has 0 aliphatic carbocycles. The molecule has 2 nitrogen and oxygen atoms in total. The third-order valence-electron chi connectivity index (χ3n) is 2.42. The SMILES string of the molecule is CCOc1cc(C=O)c(C)c2sccc12. The Hall–Kier alpha value is -1.35. The largest absolute Gasteiger partial charge is 0.493 e. The second kappa shape index (κ2) is 4.03. The number of ether oxygens (including phenoxy) is 1. The number of thiophene rings is 1. The van der Waals surface area contributed by atoms with Crippen molar-refractivity contribution >= 4 is 27.7 Å². The normalized spacial score (nSPS) is 10.5. The van der Waals surface area contributed by atoms with E-state index in [0.717, 1.165) is 27.7 Å². The van der Waals surface area contributed by atoms with Gasteiger partial charge in [0.15, 0.2) is 6.29 Å². The molecule has 0 bridgehead atoms. The molecule has 2 aromatic rings. The van der Waals surface area contributed by atoms with Gasteiger partial charge < -0.3 is 4.74 Å². The van der Waals surface area contributed by atoms with E-state index >= 15 is 0 Å². The van der Waals surface area contributed by atoms with Crippen LogP contribution < -0.4 is 4.74 Å². The molecule has 78 valence electrons. The Kier molecular flexibility index (Phi) is 2.73. The van der Waals surface area contributed by atoms with E-state index in [4.69, 9.17) is 4.74 Å². The average molecular weight is 220 g/mol. The number of hydrogen-bond acceptors (Lipinski definition) is 3. The summed E-state index contributed by atoms with van der Waals surface area (Å²) >= 11 is 1.64. The number of hydrogen-bond donors (Lipinski definition) is 0. The van der Waals surface area contributed by atoms with Gasteiger partial charge in [-0.15, -0.1) is 11.3 Å². The van der Waals surface area contributed by atoms with E-state index in [1.54, 1.807) is 11.3 Å². The van der Waals surface area contributed by atoms with E-state index in [2.05, 4.69) is 0 Å². The summed E-state index contributed by atoms with van der Waals surface area (Å²) in [4.78, 5) is 10.9. The lowest BCUT2D eigenvalue weighted by molar-refractivity contribution is 0.112. The zero-order valence-electron chi connectivity index (χ0n) is 8.74. The molecule has 2 rings (SSSR count). The molecule has 0 unspecified atom stereocenters. The van der Waals surface area contributed by atoms with Crippen LogP contribution in [-0.4, -0.2) is 12.9 Å². The van der Waals surface area contributed by atoms with Crippen LogP contribution in [-0.2, 0) is 0 Å². The molecule has 0 spiro atoms. The minimum Gasteiger partial charge on any atom is -0.493 e. The maximum atomic E-state index is 10.9. The lowest BCUT2D eigenvalue weighted by atomic mass is 10.1. The van der Waals surface area contributed by atoms with Crippen molar-refractivity contribution in [2.24, 2.45) is 0 Å². The van der Waals surface area contributed by atoms with E-state index in [1.807, 2.05) is 31.4 Å². The number of carbonyl (C=O) groups is 1. The molecule has 3 heteroatoms. The summed E-state index contributed by atoms with van der Waals surface area (Å²) in [6.07, 6.45) is 0.886. The molecule has 0 aliphatic heterocycles. The Bertz CT molecular complexity index is 500. The third kappa shape index (κ3) is 1.63. The highest BCUT2D eigenvalue weighted by Crippen LogP contribution is 2.34. The quantitative estimate of drug-likeness (QED) is 0.741. The third-order valence-corrected chi connectivity index (χ3v) is 3.45. The van der Waals surface area contributed by atoms with Gasteiger partial charge in [-0.1, -0.05) is 0 Å². The predicted octanol–water partition coefficient (Wildman–Crippen LogP) is 3.42. The van der Waals surface area contributed by atoms with Crippen LogP contribution in [0.5, 0.6) is 5.75 Å². The summed E-state index contributed by atoms with van der Waals surface area (Å²) in [6, 6.07) is 3.85. The van der Waals surface area contributed by atoms with Gasteiger partial charge in [-0.3, -0.25) is 4.79 Å². The van der Waals surface area contributed by atoms with Crippen molar-refractivity contribution in [3.8, 4) is 5.75 Å². The van der Waals surface area contributed by atoms with Gasteiger partial charge in [0.2, 0.25) is 0 Å². The highest BCUT2D eigenvalue weighted by Gasteiger charge is 2.10. The van der Waals surface area contributed by atoms with Crippen LogP contribution in [0.4, 0.5) is 0 Å². The maximum Gasteiger partial charge on any atom is 0.150 e. The fraction of sp³-hybridized carbons (Fsp3) is 0.250. The molecule has 0 aliphatic rings. The fourth-order valence-electron chi connectivity index (χ4n) is 1.65. The van der Waals surface area contributed by atoms with Crippen molar-refractivity contribution in [1.29, 1.82) is 0 Å². The van der Waals surface area contributed by atoms with Crippen LogP contribution in [0.1, 0.15) is 22.8 Å². The van der Waals surface area contributed by atoms with Gasteiger partial charge in [0.05, 0.1) is 6.61 Å². The standard InChI is InChI=1S/C12H12O2S/c1-3-14-11-6-9(7-13)8(2)12-10(11)4-5-15-12/h4-7H,3H2,1-2H3. The number of aldehydes is 1. The molecule has 0 radical (unpaired) electrons. The molecule has 0 atom stereocenters. The molecule has 1 aromatic carbocycles. The molecule has 15 heavy (non-hydrogen) atoms. The Morgan fingerprint density at radius 1 is 1.53 bits per heavy atom. The lowest BCUT2D eigenvalue weighted by Gasteiger charge is -2.08. The molecular formula is C12H12O2S. The smallest absolute Gasteiger partial charge is 0.150 e. The van der Waals surface area contributed by atoms with Gasteiger partial charge in [-0.05, 0) is 36.9 Å². The Labute approximate surface area is 92.5 Å². The number of rotatable bonds is 3. The first-order chi connectivity index (χ1) is 7.27. The Morgan fingerprint density at radius 3 is 3.00 bits per heavy atom. The van der Waals surface area contributed by atoms with Crippen molar-refractivity contribution in [2.45, 2.75) is 13.8 Å². The maximum absolute atomic E-state index is 10.9. The Morgan fingerprint density at radius 2 is 2.33 bits per heavy atom. The van der Waals surface area contributed by atoms with Gasteiger partial charge in [0.25, 0.3) is 0 Å². The minimum absolute atomic E-state index is 0.617. The second-order valence-electron chi connectivity index (χ2n) is 3.30. The molecular weight excluding hydrogens is 208 g/mol. The van der Waals surface area contributed by atoms with Crippen molar-refractivity contribution in [3.63, 3.8) is 0 Å². The molecule has 0 N–H and O–H groups in total.